The maximum atomic E-state index is 12.1. The number of rotatable bonds is 5. The average Bonchev–Trinajstić information content (AvgIpc) is 2.79. The predicted molar refractivity (Wildman–Crippen MR) is 78.6 cm³/mol. The molecule has 1 aromatic heterocycles. The van der Waals surface area contributed by atoms with E-state index in [-0.39, 0.29) is 11.7 Å². The lowest BCUT2D eigenvalue weighted by Crippen LogP contribution is -2.36. The quantitative estimate of drug-likeness (QED) is 0.472. The van der Waals surface area contributed by atoms with Crippen LogP contribution in [-0.2, 0) is 14.4 Å². The second-order valence-corrected chi connectivity index (χ2v) is 5.88. The number of aromatic nitrogens is 2. The third-order valence-electron chi connectivity index (χ3n) is 4.32. The number of nitrogens with one attached hydrogen (secondary N) is 1. The van der Waals surface area contributed by atoms with Crippen molar-refractivity contribution in [1.29, 1.82) is 0 Å². The van der Waals surface area contributed by atoms with Crippen LogP contribution in [0.5, 0.6) is 0 Å². The zero-order valence-corrected chi connectivity index (χ0v) is 12.7. The molecule has 132 valence electrons. The SMILES string of the molecule is O=C(ONc1ccn([C@@H]2O[C@H](CO)[C@@H](O)[C@H]2O)c(=O)n1)C1CCC1. The first-order valence-electron chi connectivity index (χ1n) is 7.69. The lowest BCUT2D eigenvalue weighted by Gasteiger charge is -2.22. The summed E-state index contributed by atoms with van der Waals surface area (Å²) >= 11 is 0. The molecule has 2 fully saturated rings. The number of anilines is 1. The molecule has 0 bridgehead atoms. The predicted octanol–water partition coefficient (Wildman–Crippen LogP) is -1.48. The van der Waals surface area contributed by atoms with Gasteiger partial charge in [-0.3, -0.25) is 4.57 Å². The molecule has 0 aromatic carbocycles. The van der Waals surface area contributed by atoms with Crippen LogP contribution in [0.15, 0.2) is 17.1 Å². The molecule has 1 saturated heterocycles. The smallest absolute Gasteiger partial charge is 0.351 e. The van der Waals surface area contributed by atoms with E-state index in [4.69, 9.17) is 14.7 Å². The first-order chi connectivity index (χ1) is 11.5. The van der Waals surface area contributed by atoms with Gasteiger partial charge in [0.15, 0.2) is 12.0 Å². The first kappa shape index (κ1) is 16.8. The van der Waals surface area contributed by atoms with Crippen LogP contribution in [0.25, 0.3) is 0 Å². The van der Waals surface area contributed by atoms with Crippen LogP contribution in [0.2, 0.25) is 0 Å². The molecule has 1 saturated carbocycles. The molecule has 2 heterocycles. The van der Waals surface area contributed by atoms with E-state index in [2.05, 4.69) is 10.5 Å². The summed E-state index contributed by atoms with van der Waals surface area (Å²) in [7, 11) is 0. The van der Waals surface area contributed by atoms with Gasteiger partial charge < -0.3 is 24.9 Å². The van der Waals surface area contributed by atoms with Crippen LogP contribution in [0.1, 0.15) is 25.5 Å². The largest absolute Gasteiger partial charge is 0.394 e. The number of ether oxygens (including phenoxy) is 1. The van der Waals surface area contributed by atoms with Crippen LogP contribution >= 0.6 is 0 Å². The van der Waals surface area contributed by atoms with Crippen LogP contribution < -0.4 is 11.2 Å². The van der Waals surface area contributed by atoms with Crippen molar-refractivity contribution in [2.24, 2.45) is 5.92 Å². The fourth-order valence-corrected chi connectivity index (χ4v) is 2.60. The van der Waals surface area contributed by atoms with Gasteiger partial charge in [-0.2, -0.15) is 4.98 Å². The highest BCUT2D eigenvalue weighted by atomic mass is 16.7. The van der Waals surface area contributed by atoms with Crippen LogP contribution in [-0.4, -0.2) is 55.8 Å². The number of aliphatic hydroxyl groups is 3. The lowest BCUT2D eigenvalue weighted by atomic mass is 9.86. The van der Waals surface area contributed by atoms with Gasteiger partial charge in [-0.05, 0) is 12.8 Å². The zero-order chi connectivity index (χ0) is 17.3. The Morgan fingerprint density at radius 1 is 1.42 bits per heavy atom. The Balaban J connectivity index is 1.66. The Labute approximate surface area is 136 Å². The van der Waals surface area contributed by atoms with Gasteiger partial charge in [0.2, 0.25) is 0 Å². The Kier molecular flexibility index (Phi) is 4.81. The maximum Gasteiger partial charge on any atom is 0.351 e. The second kappa shape index (κ2) is 6.85. The van der Waals surface area contributed by atoms with Crippen molar-refractivity contribution in [3.8, 4) is 0 Å². The van der Waals surface area contributed by atoms with Crippen molar-refractivity contribution in [2.45, 2.75) is 43.8 Å². The highest BCUT2D eigenvalue weighted by Crippen LogP contribution is 2.28. The first-order valence-corrected chi connectivity index (χ1v) is 7.69. The van der Waals surface area contributed by atoms with Gasteiger partial charge in [0.1, 0.15) is 18.3 Å². The minimum Gasteiger partial charge on any atom is -0.394 e. The van der Waals surface area contributed by atoms with E-state index in [1.807, 2.05) is 0 Å². The van der Waals surface area contributed by atoms with Gasteiger partial charge in [0.05, 0.1) is 12.5 Å². The van der Waals surface area contributed by atoms with Gasteiger partial charge in [-0.1, -0.05) is 6.42 Å². The number of hydrogen-bond acceptors (Lipinski definition) is 9. The molecule has 3 rings (SSSR count). The van der Waals surface area contributed by atoms with E-state index in [1.165, 1.54) is 12.3 Å². The normalized spacial score (nSPS) is 30.0. The molecule has 0 unspecified atom stereocenters. The summed E-state index contributed by atoms with van der Waals surface area (Å²) in [5, 5.41) is 28.7. The maximum absolute atomic E-state index is 12.1. The molecule has 2 aliphatic rings. The monoisotopic (exact) mass is 341 g/mol. The molecule has 4 atom stereocenters. The molecule has 1 aliphatic heterocycles. The molecule has 1 aromatic rings. The number of hydrogen-bond donors (Lipinski definition) is 4. The number of carbonyl (C=O) groups excluding carboxylic acids is 1. The lowest BCUT2D eigenvalue weighted by molar-refractivity contribution is -0.148. The second-order valence-electron chi connectivity index (χ2n) is 5.88. The van der Waals surface area contributed by atoms with Crippen molar-refractivity contribution in [1.82, 2.24) is 9.55 Å². The summed E-state index contributed by atoms with van der Waals surface area (Å²) in [5.74, 6) is -0.469. The summed E-state index contributed by atoms with van der Waals surface area (Å²) in [6.45, 7) is -0.492. The van der Waals surface area contributed by atoms with Crippen molar-refractivity contribution in [3.63, 3.8) is 0 Å². The molecule has 4 N–H and O–H groups in total. The Morgan fingerprint density at radius 2 is 2.17 bits per heavy atom. The molecule has 10 heteroatoms. The van der Waals surface area contributed by atoms with Gasteiger partial charge in [0.25, 0.3) is 0 Å². The van der Waals surface area contributed by atoms with Crippen LogP contribution in [0.4, 0.5) is 5.82 Å². The van der Waals surface area contributed by atoms with E-state index in [0.717, 1.165) is 23.8 Å². The van der Waals surface area contributed by atoms with E-state index >= 15 is 0 Å². The fourth-order valence-electron chi connectivity index (χ4n) is 2.60. The van der Waals surface area contributed by atoms with Crippen LogP contribution in [0.3, 0.4) is 0 Å². The van der Waals surface area contributed by atoms with Gasteiger partial charge in [-0.25, -0.2) is 15.1 Å². The minimum atomic E-state index is -1.38. The summed E-state index contributed by atoms with van der Waals surface area (Å²) in [5.41, 5.74) is 1.56. The topological polar surface area (TPSA) is 143 Å². The Bertz CT molecular complexity index is 660. The number of aliphatic hydroxyl groups excluding tert-OH is 3. The number of nitrogens with zero attached hydrogens (tertiary/aromatic N) is 2. The molecule has 0 radical (unpaired) electrons. The van der Waals surface area contributed by atoms with Crippen molar-refractivity contribution >= 4 is 11.8 Å². The van der Waals surface area contributed by atoms with E-state index < -0.39 is 42.8 Å². The standard InChI is InChI=1S/C14H19N3O7/c18-6-8-10(19)11(20)12(23-8)17-5-4-9(15-14(17)22)16-24-13(21)7-2-1-3-7/h4-5,7-8,10-12,18-20H,1-3,6H2,(H,15,16,22)/t8-,10-,11-,12-/m1/s1. The molecule has 0 amide bonds. The van der Waals surface area contributed by atoms with E-state index in [9.17, 15) is 19.8 Å². The minimum absolute atomic E-state index is 0.0377. The third kappa shape index (κ3) is 3.13. The molecule has 0 spiro atoms. The van der Waals surface area contributed by atoms with E-state index in [1.54, 1.807) is 0 Å². The molecular formula is C14H19N3O7. The Morgan fingerprint density at radius 3 is 2.71 bits per heavy atom. The van der Waals surface area contributed by atoms with Gasteiger partial charge >= 0.3 is 11.7 Å². The highest BCUT2D eigenvalue weighted by molar-refractivity contribution is 5.73. The highest BCUT2D eigenvalue weighted by Gasteiger charge is 2.43. The van der Waals surface area contributed by atoms with Crippen molar-refractivity contribution in [2.75, 3.05) is 12.1 Å². The molecule has 10 nitrogen and oxygen atoms in total. The zero-order valence-electron chi connectivity index (χ0n) is 12.7. The summed E-state index contributed by atoms with van der Waals surface area (Å²) in [6, 6.07) is 1.37. The summed E-state index contributed by atoms with van der Waals surface area (Å²) in [6.07, 6.45) is -0.971. The van der Waals surface area contributed by atoms with Crippen molar-refractivity contribution in [3.05, 3.63) is 22.7 Å². The van der Waals surface area contributed by atoms with E-state index in [0.29, 0.717) is 0 Å². The third-order valence-corrected chi connectivity index (χ3v) is 4.32. The fraction of sp³-hybridized carbons (Fsp3) is 0.643. The van der Waals surface area contributed by atoms with Crippen molar-refractivity contribution < 1.29 is 29.7 Å². The van der Waals surface area contributed by atoms with Crippen LogP contribution in [0, 0.1) is 5.92 Å². The molecule has 24 heavy (non-hydrogen) atoms. The van der Waals surface area contributed by atoms with Gasteiger partial charge in [0, 0.05) is 12.3 Å². The van der Waals surface area contributed by atoms with Gasteiger partial charge in [-0.15, -0.1) is 0 Å². The summed E-state index contributed by atoms with van der Waals surface area (Å²) < 4.78 is 6.25. The average molecular weight is 341 g/mol. The molecular weight excluding hydrogens is 322 g/mol. The molecule has 1 aliphatic carbocycles. The number of carbonyl (C=O) groups is 1. The Hall–Kier alpha value is -2.01. The summed E-state index contributed by atoms with van der Waals surface area (Å²) in [4.78, 5) is 32.2.